The van der Waals surface area contributed by atoms with Crippen molar-refractivity contribution in [2.45, 2.75) is 12.1 Å². The van der Waals surface area contributed by atoms with Crippen LogP contribution in [0.15, 0.2) is 18.2 Å². The van der Waals surface area contributed by atoms with Gasteiger partial charge in [-0.2, -0.15) is 0 Å². The molecule has 1 N–H and O–H groups in total. The van der Waals surface area contributed by atoms with Crippen molar-refractivity contribution in [3.05, 3.63) is 23.8 Å². The van der Waals surface area contributed by atoms with Gasteiger partial charge >= 0.3 is 0 Å². The summed E-state index contributed by atoms with van der Waals surface area (Å²) >= 11 is 0. The monoisotopic (exact) mass is 291 g/mol. The first-order valence-corrected chi connectivity index (χ1v) is 7.62. The molecule has 0 aromatic heterocycles. The number of methoxy groups -OCH3 is 2. The lowest BCUT2D eigenvalue weighted by molar-refractivity contribution is -0.00257. The van der Waals surface area contributed by atoms with Gasteiger partial charge in [-0.15, -0.1) is 0 Å². The van der Waals surface area contributed by atoms with Gasteiger partial charge in [-0.05, 0) is 24.7 Å². The minimum absolute atomic E-state index is 0.313. The smallest absolute Gasteiger partial charge is 0.161 e. The zero-order valence-corrected chi connectivity index (χ0v) is 13.1. The molecule has 2 bridgehead atoms. The summed E-state index contributed by atoms with van der Waals surface area (Å²) in [5.41, 5.74) is 1.26. The molecule has 2 unspecified atom stereocenters. The molecule has 3 aliphatic rings. The highest BCUT2D eigenvalue weighted by Gasteiger charge is 2.36. The Hall–Kier alpha value is -1.30. The van der Waals surface area contributed by atoms with Gasteiger partial charge in [0.15, 0.2) is 11.5 Å². The van der Waals surface area contributed by atoms with E-state index in [1.165, 1.54) is 31.7 Å². The van der Waals surface area contributed by atoms with E-state index in [2.05, 4.69) is 27.2 Å². The molecule has 3 heterocycles. The van der Waals surface area contributed by atoms with Crippen molar-refractivity contribution in [1.82, 2.24) is 15.1 Å². The minimum Gasteiger partial charge on any atom is -0.493 e. The number of hydrogen-bond acceptors (Lipinski definition) is 5. The number of fused-ring (bicyclic) bond motifs is 3. The van der Waals surface area contributed by atoms with Crippen molar-refractivity contribution >= 4 is 0 Å². The Morgan fingerprint density at radius 3 is 2.33 bits per heavy atom. The van der Waals surface area contributed by atoms with Gasteiger partial charge < -0.3 is 14.8 Å². The number of ether oxygens (including phenoxy) is 2. The molecule has 2 atom stereocenters. The van der Waals surface area contributed by atoms with Crippen molar-refractivity contribution < 1.29 is 9.47 Å². The summed E-state index contributed by atoms with van der Waals surface area (Å²) in [6.45, 7) is 5.91. The molecule has 0 amide bonds. The zero-order valence-electron chi connectivity index (χ0n) is 13.1. The van der Waals surface area contributed by atoms with Crippen LogP contribution in [0.2, 0.25) is 0 Å². The average molecular weight is 291 g/mol. The van der Waals surface area contributed by atoms with E-state index >= 15 is 0 Å². The summed E-state index contributed by atoms with van der Waals surface area (Å²) in [6.07, 6.45) is 0. The maximum absolute atomic E-state index is 5.44. The number of piperazine rings is 3. The van der Waals surface area contributed by atoms with Gasteiger partial charge in [-0.3, -0.25) is 9.80 Å². The SMILES string of the molecule is CNC(c1ccc(OC)c(OC)c1)C1CN2CCN1CC2. The van der Waals surface area contributed by atoms with Crippen LogP contribution in [-0.2, 0) is 0 Å². The van der Waals surface area contributed by atoms with Crippen LogP contribution in [0.4, 0.5) is 0 Å². The van der Waals surface area contributed by atoms with E-state index in [4.69, 9.17) is 9.47 Å². The van der Waals surface area contributed by atoms with Crippen molar-refractivity contribution in [3.8, 4) is 11.5 Å². The molecule has 5 nitrogen and oxygen atoms in total. The van der Waals surface area contributed by atoms with E-state index in [1.807, 2.05) is 13.1 Å². The van der Waals surface area contributed by atoms with E-state index < -0.39 is 0 Å². The summed E-state index contributed by atoms with van der Waals surface area (Å²) in [5, 5.41) is 3.50. The first-order chi connectivity index (χ1) is 10.3. The number of likely N-dealkylation sites (N-methyl/N-ethyl adjacent to an activating group) is 1. The maximum Gasteiger partial charge on any atom is 0.161 e. The maximum atomic E-state index is 5.44. The highest BCUT2D eigenvalue weighted by molar-refractivity contribution is 5.44. The number of nitrogens with zero attached hydrogens (tertiary/aromatic N) is 2. The Kier molecular flexibility index (Phi) is 4.33. The third-order valence-electron chi connectivity index (χ3n) is 4.78. The van der Waals surface area contributed by atoms with Crippen LogP contribution in [0.1, 0.15) is 11.6 Å². The molecule has 1 aromatic carbocycles. The van der Waals surface area contributed by atoms with E-state index in [0.29, 0.717) is 12.1 Å². The van der Waals surface area contributed by atoms with Crippen LogP contribution in [0.3, 0.4) is 0 Å². The number of hydrogen-bond donors (Lipinski definition) is 1. The van der Waals surface area contributed by atoms with E-state index in [9.17, 15) is 0 Å². The van der Waals surface area contributed by atoms with E-state index in [-0.39, 0.29) is 0 Å². The van der Waals surface area contributed by atoms with Crippen molar-refractivity contribution in [3.63, 3.8) is 0 Å². The Labute approximate surface area is 126 Å². The average Bonchev–Trinajstić information content (AvgIpc) is 2.56. The second kappa shape index (κ2) is 6.22. The zero-order chi connectivity index (χ0) is 14.8. The van der Waals surface area contributed by atoms with Crippen molar-refractivity contribution in [2.24, 2.45) is 0 Å². The van der Waals surface area contributed by atoms with Gasteiger partial charge in [0, 0.05) is 44.8 Å². The van der Waals surface area contributed by atoms with Gasteiger partial charge in [0.2, 0.25) is 0 Å². The highest BCUT2D eigenvalue weighted by atomic mass is 16.5. The molecular weight excluding hydrogens is 266 g/mol. The normalized spacial score (nSPS) is 29.2. The fraction of sp³-hybridized carbons (Fsp3) is 0.625. The van der Waals surface area contributed by atoms with Crippen LogP contribution in [0.25, 0.3) is 0 Å². The molecule has 5 heteroatoms. The number of nitrogens with one attached hydrogen (secondary N) is 1. The van der Waals surface area contributed by atoms with Crippen molar-refractivity contribution in [1.29, 1.82) is 0 Å². The van der Waals surface area contributed by atoms with Crippen LogP contribution >= 0.6 is 0 Å². The molecular formula is C16H25N3O2. The summed E-state index contributed by atoms with van der Waals surface area (Å²) in [7, 11) is 5.40. The van der Waals surface area contributed by atoms with Crippen LogP contribution in [-0.4, -0.2) is 69.8 Å². The Balaban J connectivity index is 1.86. The van der Waals surface area contributed by atoms with Gasteiger partial charge in [-0.1, -0.05) is 6.07 Å². The third kappa shape index (κ3) is 2.73. The predicted octanol–water partition coefficient (Wildman–Crippen LogP) is 0.964. The summed E-state index contributed by atoms with van der Waals surface area (Å²) < 4.78 is 10.8. The third-order valence-corrected chi connectivity index (χ3v) is 4.78. The molecule has 116 valence electrons. The Morgan fingerprint density at radius 2 is 1.81 bits per heavy atom. The highest BCUT2D eigenvalue weighted by Crippen LogP contribution is 2.33. The van der Waals surface area contributed by atoms with Gasteiger partial charge in [0.25, 0.3) is 0 Å². The summed E-state index contributed by atoms with van der Waals surface area (Å²) in [5.74, 6) is 1.58. The summed E-state index contributed by atoms with van der Waals surface area (Å²) in [4.78, 5) is 5.17. The van der Waals surface area contributed by atoms with Gasteiger partial charge in [-0.25, -0.2) is 0 Å². The fourth-order valence-corrected chi connectivity index (χ4v) is 3.60. The Bertz CT molecular complexity index is 486. The molecule has 4 rings (SSSR count). The molecule has 0 saturated carbocycles. The Morgan fingerprint density at radius 1 is 1.10 bits per heavy atom. The first kappa shape index (κ1) is 14.6. The molecule has 3 fully saturated rings. The second-order valence-electron chi connectivity index (χ2n) is 5.78. The van der Waals surface area contributed by atoms with Crippen LogP contribution in [0, 0.1) is 0 Å². The first-order valence-electron chi connectivity index (χ1n) is 7.62. The van der Waals surface area contributed by atoms with Gasteiger partial charge in [0.05, 0.1) is 14.2 Å². The summed E-state index contributed by atoms with van der Waals surface area (Å²) in [6, 6.07) is 7.07. The minimum atomic E-state index is 0.313. The molecule has 3 aliphatic heterocycles. The van der Waals surface area contributed by atoms with E-state index in [1.54, 1.807) is 14.2 Å². The fourth-order valence-electron chi connectivity index (χ4n) is 3.60. The quantitative estimate of drug-likeness (QED) is 0.875. The number of benzene rings is 1. The topological polar surface area (TPSA) is 37.0 Å². The largest absolute Gasteiger partial charge is 0.493 e. The number of rotatable bonds is 5. The molecule has 3 saturated heterocycles. The van der Waals surface area contributed by atoms with Crippen LogP contribution in [0.5, 0.6) is 11.5 Å². The van der Waals surface area contributed by atoms with Crippen LogP contribution < -0.4 is 14.8 Å². The molecule has 0 radical (unpaired) electrons. The van der Waals surface area contributed by atoms with E-state index in [0.717, 1.165) is 18.0 Å². The lowest BCUT2D eigenvalue weighted by atomic mass is 9.94. The van der Waals surface area contributed by atoms with Crippen molar-refractivity contribution in [2.75, 3.05) is 54.0 Å². The standard InChI is InChI=1S/C16H25N3O2/c1-17-16(13-11-18-6-8-19(13)9-7-18)12-4-5-14(20-2)15(10-12)21-3/h4-5,10,13,16-17H,6-9,11H2,1-3H3. The molecule has 0 aliphatic carbocycles. The molecule has 0 spiro atoms. The molecule has 1 aromatic rings. The lowest BCUT2D eigenvalue weighted by Gasteiger charge is -2.50. The lowest BCUT2D eigenvalue weighted by Crippen LogP contribution is -2.63. The molecule has 21 heavy (non-hydrogen) atoms. The van der Waals surface area contributed by atoms with Gasteiger partial charge in [0.1, 0.15) is 0 Å². The predicted molar refractivity (Wildman–Crippen MR) is 83.1 cm³/mol. The second-order valence-corrected chi connectivity index (χ2v) is 5.78.